The molecule has 0 aromatic carbocycles. The van der Waals surface area contributed by atoms with Crippen molar-refractivity contribution in [2.75, 3.05) is 26.7 Å². The van der Waals surface area contributed by atoms with Crippen molar-refractivity contribution in [1.29, 1.82) is 0 Å². The van der Waals surface area contributed by atoms with Crippen LogP contribution in [0.3, 0.4) is 0 Å². The zero-order valence-corrected chi connectivity index (χ0v) is 8.06. The third-order valence-electron chi connectivity index (χ3n) is 2.42. The molecule has 0 amide bonds. The minimum atomic E-state index is 0.739. The van der Waals surface area contributed by atoms with Gasteiger partial charge in [0.05, 0.1) is 0 Å². The Labute approximate surface area is 75.3 Å². The number of nitrogens with one attached hydrogen (secondary N) is 1. The van der Waals surface area contributed by atoms with Gasteiger partial charge >= 0.3 is 0 Å². The molecule has 1 unspecified atom stereocenters. The molecule has 1 fully saturated rings. The summed E-state index contributed by atoms with van der Waals surface area (Å²) in [5.41, 5.74) is 0. The molecule has 1 atom stereocenters. The minimum absolute atomic E-state index is 0.739. The molecule has 1 rings (SSSR count). The van der Waals surface area contributed by atoms with Crippen molar-refractivity contribution in [3.63, 3.8) is 0 Å². The lowest BCUT2D eigenvalue weighted by Crippen LogP contribution is -2.33. The molecule has 0 aromatic heterocycles. The Hall–Kier alpha value is -0.520. The molecule has 1 aliphatic heterocycles. The van der Waals surface area contributed by atoms with Crippen LogP contribution in [-0.4, -0.2) is 37.6 Å². The Bertz CT molecular complexity index is 172. The lowest BCUT2D eigenvalue weighted by Gasteiger charge is -2.21. The summed E-state index contributed by atoms with van der Waals surface area (Å²) in [5.74, 6) is 6.01. The van der Waals surface area contributed by atoms with Gasteiger partial charge in [0.25, 0.3) is 0 Å². The summed E-state index contributed by atoms with van der Waals surface area (Å²) >= 11 is 0. The van der Waals surface area contributed by atoms with E-state index in [-0.39, 0.29) is 0 Å². The van der Waals surface area contributed by atoms with Crippen LogP contribution in [0.25, 0.3) is 0 Å². The molecule has 12 heavy (non-hydrogen) atoms. The van der Waals surface area contributed by atoms with Gasteiger partial charge in [-0.05, 0) is 26.9 Å². The quantitative estimate of drug-likeness (QED) is 0.621. The predicted molar refractivity (Wildman–Crippen MR) is 52.0 cm³/mol. The molecule has 1 N–H and O–H groups in total. The van der Waals surface area contributed by atoms with Gasteiger partial charge in [-0.25, -0.2) is 0 Å². The second kappa shape index (κ2) is 5.18. The molecule has 0 radical (unpaired) electrons. The minimum Gasteiger partial charge on any atom is -0.315 e. The van der Waals surface area contributed by atoms with Gasteiger partial charge in [0.2, 0.25) is 0 Å². The summed E-state index contributed by atoms with van der Waals surface area (Å²) in [4.78, 5) is 2.41. The van der Waals surface area contributed by atoms with E-state index in [1.807, 2.05) is 6.92 Å². The van der Waals surface area contributed by atoms with Crippen LogP contribution in [0, 0.1) is 11.8 Å². The zero-order valence-electron chi connectivity index (χ0n) is 8.06. The second-order valence-corrected chi connectivity index (χ2v) is 3.30. The average Bonchev–Trinajstić information content (AvgIpc) is 2.56. The Balaban J connectivity index is 2.16. The average molecular weight is 166 g/mol. The molecule has 1 heterocycles. The van der Waals surface area contributed by atoms with E-state index in [1.54, 1.807) is 0 Å². The standard InChI is InChI=1S/C10H18N2/c1-3-4-5-8-12(2)10-6-7-11-9-10/h10-11H,5-9H2,1-2H3. The van der Waals surface area contributed by atoms with Gasteiger partial charge in [0.15, 0.2) is 0 Å². The fourth-order valence-corrected chi connectivity index (χ4v) is 1.56. The van der Waals surface area contributed by atoms with E-state index >= 15 is 0 Å². The summed E-state index contributed by atoms with van der Waals surface area (Å²) in [6, 6.07) is 0.739. The van der Waals surface area contributed by atoms with E-state index in [4.69, 9.17) is 0 Å². The molecule has 1 aliphatic rings. The van der Waals surface area contributed by atoms with Crippen LogP contribution in [0.1, 0.15) is 19.8 Å². The smallest absolute Gasteiger partial charge is 0.0230 e. The Morgan fingerprint density at radius 1 is 1.58 bits per heavy atom. The highest BCUT2D eigenvalue weighted by Gasteiger charge is 2.17. The maximum absolute atomic E-state index is 3.37. The first-order valence-electron chi connectivity index (χ1n) is 4.65. The monoisotopic (exact) mass is 166 g/mol. The van der Waals surface area contributed by atoms with Crippen LogP contribution in [0.15, 0.2) is 0 Å². The SMILES string of the molecule is CC#CCCN(C)C1CCNC1. The molecule has 2 nitrogen and oxygen atoms in total. The van der Waals surface area contributed by atoms with Crippen molar-refractivity contribution in [3.05, 3.63) is 0 Å². The van der Waals surface area contributed by atoms with Crippen LogP contribution in [0.2, 0.25) is 0 Å². The van der Waals surface area contributed by atoms with E-state index in [2.05, 4.69) is 29.1 Å². The van der Waals surface area contributed by atoms with E-state index in [9.17, 15) is 0 Å². The maximum atomic E-state index is 3.37. The van der Waals surface area contributed by atoms with Crippen molar-refractivity contribution >= 4 is 0 Å². The van der Waals surface area contributed by atoms with Crippen molar-refractivity contribution in [1.82, 2.24) is 10.2 Å². The number of hydrogen-bond acceptors (Lipinski definition) is 2. The van der Waals surface area contributed by atoms with E-state index in [0.29, 0.717) is 0 Å². The molecule has 0 aliphatic carbocycles. The van der Waals surface area contributed by atoms with Gasteiger partial charge < -0.3 is 10.2 Å². The number of nitrogens with zero attached hydrogens (tertiary/aromatic N) is 1. The fraction of sp³-hybridized carbons (Fsp3) is 0.800. The van der Waals surface area contributed by atoms with Crippen molar-refractivity contribution in [3.8, 4) is 11.8 Å². The summed E-state index contributed by atoms with van der Waals surface area (Å²) in [6.45, 7) is 5.33. The van der Waals surface area contributed by atoms with E-state index < -0.39 is 0 Å². The highest BCUT2D eigenvalue weighted by molar-refractivity contribution is 4.95. The number of rotatable bonds is 3. The van der Waals surface area contributed by atoms with Crippen LogP contribution in [0.4, 0.5) is 0 Å². The van der Waals surface area contributed by atoms with E-state index in [1.165, 1.54) is 13.0 Å². The second-order valence-electron chi connectivity index (χ2n) is 3.30. The van der Waals surface area contributed by atoms with Crippen molar-refractivity contribution in [2.24, 2.45) is 0 Å². The molecule has 0 bridgehead atoms. The Morgan fingerprint density at radius 2 is 2.42 bits per heavy atom. The van der Waals surface area contributed by atoms with E-state index in [0.717, 1.165) is 25.6 Å². The summed E-state index contributed by atoms with van der Waals surface area (Å²) in [7, 11) is 2.19. The summed E-state index contributed by atoms with van der Waals surface area (Å²) in [6.07, 6.45) is 2.29. The third-order valence-corrected chi connectivity index (χ3v) is 2.42. The molecule has 2 heteroatoms. The normalized spacial score (nSPS) is 22.4. The number of hydrogen-bond donors (Lipinski definition) is 1. The van der Waals surface area contributed by atoms with Gasteiger partial charge in [0, 0.05) is 25.6 Å². The topological polar surface area (TPSA) is 15.3 Å². The third kappa shape index (κ3) is 2.84. The number of likely N-dealkylation sites (N-methyl/N-ethyl adjacent to an activating group) is 1. The first-order chi connectivity index (χ1) is 5.84. The van der Waals surface area contributed by atoms with Crippen LogP contribution in [0.5, 0.6) is 0 Å². The molecule has 0 spiro atoms. The van der Waals surface area contributed by atoms with Gasteiger partial charge in [0.1, 0.15) is 0 Å². The van der Waals surface area contributed by atoms with Crippen LogP contribution >= 0.6 is 0 Å². The van der Waals surface area contributed by atoms with Gasteiger partial charge in [-0.1, -0.05) is 0 Å². The maximum Gasteiger partial charge on any atom is 0.0230 e. The first-order valence-corrected chi connectivity index (χ1v) is 4.65. The van der Waals surface area contributed by atoms with Crippen LogP contribution in [-0.2, 0) is 0 Å². The molecule has 0 saturated carbocycles. The molecular weight excluding hydrogens is 148 g/mol. The van der Waals surface area contributed by atoms with Crippen molar-refractivity contribution in [2.45, 2.75) is 25.8 Å². The van der Waals surface area contributed by atoms with Crippen molar-refractivity contribution < 1.29 is 0 Å². The largest absolute Gasteiger partial charge is 0.315 e. The van der Waals surface area contributed by atoms with Crippen LogP contribution < -0.4 is 5.32 Å². The Morgan fingerprint density at radius 3 is 3.00 bits per heavy atom. The fourth-order valence-electron chi connectivity index (χ4n) is 1.56. The molecule has 0 aromatic rings. The molecule has 1 saturated heterocycles. The first kappa shape index (κ1) is 9.57. The lowest BCUT2D eigenvalue weighted by molar-refractivity contribution is 0.263. The lowest BCUT2D eigenvalue weighted by atomic mass is 10.2. The summed E-state index contributed by atoms with van der Waals surface area (Å²) in [5, 5.41) is 3.37. The molecular formula is C10H18N2. The predicted octanol–water partition coefficient (Wildman–Crippen LogP) is 0.694. The van der Waals surface area contributed by atoms with Gasteiger partial charge in [-0.15, -0.1) is 11.8 Å². The zero-order chi connectivity index (χ0) is 8.81. The Kier molecular flexibility index (Phi) is 4.13. The molecule has 68 valence electrons. The highest BCUT2D eigenvalue weighted by Crippen LogP contribution is 2.05. The summed E-state index contributed by atoms with van der Waals surface area (Å²) < 4.78 is 0. The van der Waals surface area contributed by atoms with Gasteiger partial charge in [-0.3, -0.25) is 0 Å². The van der Waals surface area contributed by atoms with Gasteiger partial charge in [-0.2, -0.15) is 0 Å². The highest BCUT2D eigenvalue weighted by atomic mass is 15.2.